The van der Waals surface area contributed by atoms with Crippen LogP contribution in [0.2, 0.25) is 0 Å². The fourth-order valence-corrected chi connectivity index (χ4v) is 3.39. The largest absolute Gasteiger partial charge is 0.370 e. The maximum Gasteiger partial charge on any atom is 0.269 e. The van der Waals surface area contributed by atoms with Crippen molar-refractivity contribution in [3.8, 4) is 0 Å². The van der Waals surface area contributed by atoms with Crippen molar-refractivity contribution in [1.82, 2.24) is 5.32 Å². The summed E-state index contributed by atoms with van der Waals surface area (Å²) in [5.74, 6) is -0.0454. The first-order valence-corrected chi connectivity index (χ1v) is 7.89. The summed E-state index contributed by atoms with van der Waals surface area (Å²) in [6.45, 7) is 7.45. The Morgan fingerprint density at radius 2 is 2.09 bits per heavy atom. The van der Waals surface area contributed by atoms with Gasteiger partial charge in [0.2, 0.25) is 5.91 Å². The molecular weight excluding hydrogens is 296 g/mol. The summed E-state index contributed by atoms with van der Waals surface area (Å²) >= 11 is 0. The average Bonchev–Trinajstić information content (AvgIpc) is 2.45. The smallest absolute Gasteiger partial charge is 0.269 e. The van der Waals surface area contributed by atoms with Crippen LogP contribution in [0.1, 0.15) is 52.2 Å². The third-order valence-corrected chi connectivity index (χ3v) is 4.46. The molecule has 1 aromatic rings. The third kappa shape index (κ3) is 4.07. The fraction of sp³-hybridized carbons (Fsp3) is 0.588. The van der Waals surface area contributed by atoms with E-state index in [4.69, 9.17) is 4.74 Å². The lowest BCUT2D eigenvalue weighted by Crippen LogP contribution is -2.52. The van der Waals surface area contributed by atoms with Crippen LogP contribution in [0.4, 0.5) is 5.69 Å². The van der Waals surface area contributed by atoms with Crippen LogP contribution in [0, 0.1) is 16.0 Å². The zero-order valence-corrected chi connectivity index (χ0v) is 14.0. The lowest BCUT2D eigenvalue weighted by molar-refractivity contribution is -0.385. The normalized spacial score (nSPS) is 25.0. The van der Waals surface area contributed by atoms with Gasteiger partial charge in [0.05, 0.1) is 17.1 Å². The molecule has 1 fully saturated rings. The molecular formula is C17H24N2O4. The number of benzene rings is 1. The van der Waals surface area contributed by atoms with Gasteiger partial charge in [0, 0.05) is 30.5 Å². The molecule has 6 heteroatoms. The summed E-state index contributed by atoms with van der Waals surface area (Å²) in [6, 6.07) is 6.58. The standard InChI is InChI=1S/C17H24N2O4/c1-11-8-9-15(17(3,4)18-12(2)20)16(23-11)13-6-5-7-14(10-13)19(21)22/h5-7,10-11,15-16H,8-9H2,1-4H3,(H,18,20)/t11-,15-,16?/m1/s1. The number of nitro benzene ring substituents is 1. The number of nitrogens with one attached hydrogen (secondary N) is 1. The Morgan fingerprint density at radius 1 is 1.39 bits per heavy atom. The highest BCUT2D eigenvalue weighted by molar-refractivity contribution is 5.73. The van der Waals surface area contributed by atoms with Gasteiger partial charge < -0.3 is 10.1 Å². The molecule has 0 spiro atoms. The highest BCUT2D eigenvalue weighted by atomic mass is 16.6. The van der Waals surface area contributed by atoms with Gasteiger partial charge in [-0.25, -0.2) is 0 Å². The van der Waals surface area contributed by atoms with Crippen molar-refractivity contribution in [3.05, 3.63) is 39.9 Å². The third-order valence-electron chi connectivity index (χ3n) is 4.46. The number of hydrogen-bond acceptors (Lipinski definition) is 4. The van der Waals surface area contributed by atoms with Gasteiger partial charge in [-0.3, -0.25) is 14.9 Å². The molecule has 1 amide bonds. The molecule has 1 unspecified atom stereocenters. The van der Waals surface area contributed by atoms with Crippen molar-refractivity contribution >= 4 is 11.6 Å². The molecule has 1 aliphatic rings. The number of carbonyl (C=O) groups excluding carboxylic acids is 1. The lowest BCUT2D eigenvalue weighted by Gasteiger charge is -2.44. The van der Waals surface area contributed by atoms with E-state index in [0.717, 1.165) is 18.4 Å². The quantitative estimate of drug-likeness (QED) is 0.681. The Kier molecular flexibility index (Phi) is 5.04. The molecule has 3 atom stereocenters. The molecule has 1 aliphatic heterocycles. The van der Waals surface area contributed by atoms with Crippen LogP contribution in [-0.4, -0.2) is 22.5 Å². The molecule has 0 saturated carbocycles. The fourth-order valence-electron chi connectivity index (χ4n) is 3.39. The summed E-state index contributed by atoms with van der Waals surface area (Å²) in [5, 5.41) is 14.0. The monoisotopic (exact) mass is 320 g/mol. The number of non-ortho nitro benzene ring substituents is 1. The van der Waals surface area contributed by atoms with Crippen LogP contribution in [0.5, 0.6) is 0 Å². The van der Waals surface area contributed by atoms with Gasteiger partial charge in [-0.15, -0.1) is 0 Å². The maximum absolute atomic E-state index is 11.5. The number of carbonyl (C=O) groups is 1. The molecule has 0 radical (unpaired) electrons. The SMILES string of the molecule is CC(=O)NC(C)(C)[C@@H]1CC[C@@H](C)OC1c1cccc([N+](=O)[O-])c1. The van der Waals surface area contributed by atoms with E-state index < -0.39 is 10.5 Å². The van der Waals surface area contributed by atoms with Crippen LogP contribution >= 0.6 is 0 Å². The molecule has 1 aromatic carbocycles. The van der Waals surface area contributed by atoms with E-state index in [1.165, 1.54) is 13.0 Å². The maximum atomic E-state index is 11.5. The molecule has 1 N–H and O–H groups in total. The average molecular weight is 320 g/mol. The Hall–Kier alpha value is -1.95. The van der Waals surface area contributed by atoms with Gasteiger partial charge in [0.15, 0.2) is 0 Å². The summed E-state index contributed by atoms with van der Waals surface area (Å²) in [6.07, 6.45) is 1.60. The molecule has 0 bridgehead atoms. The van der Waals surface area contributed by atoms with Crippen LogP contribution in [0.3, 0.4) is 0 Å². The van der Waals surface area contributed by atoms with Gasteiger partial charge in [0.25, 0.3) is 5.69 Å². The summed E-state index contributed by atoms with van der Waals surface area (Å²) in [4.78, 5) is 22.1. The highest BCUT2D eigenvalue weighted by Crippen LogP contribution is 2.42. The molecule has 2 rings (SSSR count). The lowest BCUT2D eigenvalue weighted by atomic mass is 9.75. The first-order chi connectivity index (χ1) is 10.7. The van der Waals surface area contributed by atoms with E-state index in [1.807, 2.05) is 26.8 Å². The zero-order valence-electron chi connectivity index (χ0n) is 14.0. The van der Waals surface area contributed by atoms with Crippen LogP contribution < -0.4 is 5.32 Å². The number of nitrogens with zero attached hydrogens (tertiary/aromatic N) is 1. The number of hydrogen-bond donors (Lipinski definition) is 1. The summed E-state index contributed by atoms with van der Waals surface area (Å²) in [7, 11) is 0. The summed E-state index contributed by atoms with van der Waals surface area (Å²) < 4.78 is 6.11. The number of ether oxygens (including phenoxy) is 1. The minimum absolute atomic E-state index is 0.0459. The van der Waals surface area contributed by atoms with Crippen LogP contribution in [-0.2, 0) is 9.53 Å². The molecule has 126 valence electrons. The molecule has 0 aliphatic carbocycles. The van der Waals surface area contributed by atoms with E-state index in [0.29, 0.717) is 0 Å². The van der Waals surface area contributed by atoms with Gasteiger partial charge in [-0.2, -0.15) is 0 Å². The number of amides is 1. The van der Waals surface area contributed by atoms with Gasteiger partial charge in [0.1, 0.15) is 0 Å². The van der Waals surface area contributed by atoms with E-state index in [2.05, 4.69) is 5.32 Å². The highest BCUT2D eigenvalue weighted by Gasteiger charge is 2.41. The van der Waals surface area contributed by atoms with E-state index in [9.17, 15) is 14.9 Å². The van der Waals surface area contributed by atoms with Crippen molar-refractivity contribution in [2.24, 2.45) is 5.92 Å². The molecule has 23 heavy (non-hydrogen) atoms. The molecule has 1 saturated heterocycles. The second-order valence-corrected chi connectivity index (χ2v) is 6.81. The second-order valence-electron chi connectivity index (χ2n) is 6.81. The van der Waals surface area contributed by atoms with Crippen molar-refractivity contribution in [1.29, 1.82) is 0 Å². The number of nitro groups is 1. The minimum atomic E-state index is -0.457. The first-order valence-electron chi connectivity index (χ1n) is 7.89. The predicted molar refractivity (Wildman–Crippen MR) is 87.0 cm³/mol. The molecule has 1 heterocycles. The zero-order chi connectivity index (χ0) is 17.2. The van der Waals surface area contributed by atoms with E-state index in [-0.39, 0.29) is 29.7 Å². The van der Waals surface area contributed by atoms with Crippen molar-refractivity contribution in [2.45, 2.75) is 58.3 Å². The second kappa shape index (κ2) is 6.66. The summed E-state index contributed by atoms with van der Waals surface area (Å²) in [5.41, 5.74) is 0.385. The van der Waals surface area contributed by atoms with E-state index >= 15 is 0 Å². The van der Waals surface area contributed by atoms with Crippen molar-refractivity contribution in [2.75, 3.05) is 0 Å². The van der Waals surface area contributed by atoms with Gasteiger partial charge in [-0.05, 0) is 39.2 Å². The molecule has 6 nitrogen and oxygen atoms in total. The Morgan fingerprint density at radius 3 is 2.70 bits per heavy atom. The minimum Gasteiger partial charge on any atom is -0.370 e. The number of rotatable bonds is 4. The van der Waals surface area contributed by atoms with Gasteiger partial charge in [-0.1, -0.05) is 12.1 Å². The van der Waals surface area contributed by atoms with Crippen molar-refractivity contribution < 1.29 is 14.5 Å². The van der Waals surface area contributed by atoms with E-state index in [1.54, 1.807) is 12.1 Å². The topological polar surface area (TPSA) is 81.5 Å². The van der Waals surface area contributed by atoms with Crippen molar-refractivity contribution in [3.63, 3.8) is 0 Å². The van der Waals surface area contributed by atoms with Gasteiger partial charge >= 0.3 is 0 Å². The Labute approximate surface area is 136 Å². The molecule has 0 aromatic heterocycles. The predicted octanol–water partition coefficient (Wildman–Crippen LogP) is 3.37. The Balaban J connectivity index is 2.36. The Bertz CT molecular complexity index is 600. The first kappa shape index (κ1) is 17.4. The van der Waals surface area contributed by atoms with Crippen LogP contribution in [0.15, 0.2) is 24.3 Å². The van der Waals surface area contributed by atoms with Crippen LogP contribution in [0.25, 0.3) is 0 Å².